The summed E-state index contributed by atoms with van der Waals surface area (Å²) in [6.45, 7) is 2.09. The molecule has 0 spiro atoms. The zero-order chi connectivity index (χ0) is 20.7. The van der Waals surface area contributed by atoms with Crippen molar-refractivity contribution in [1.82, 2.24) is 4.98 Å². The highest BCUT2D eigenvalue weighted by Crippen LogP contribution is 2.47. The van der Waals surface area contributed by atoms with Gasteiger partial charge in [0.2, 0.25) is 0 Å². The van der Waals surface area contributed by atoms with Crippen LogP contribution in [-0.2, 0) is 18.3 Å². The van der Waals surface area contributed by atoms with Crippen molar-refractivity contribution in [3.05, 3.63) is 113 Å². The number of aromatic nitrogens is 1. The molecule has 1 atom stereocenters. The molecule has 144 valence electrons. The van der Waals surface area contributed by atoms with Crippen LogP contribution < -0.4 is 0 Å². The first-order valence-electron chi connectivity index (χ1n) is 10.1. The summed E-state index contributed by atoms with van der Waals surface area (Å²) in [6, 6.07) is 24.1. The smallest absolute Gasteiger partial charge is 0.174 e. The summed E-state index contributed by atoms with van der Waals surface area (Å²) in [7, 11) is 0. The number of carbonyl (C=O) groups excluding carboxylic acids is 1. The molecule has 3 heteroatoms. The van der Waals surface area contributed by atoms with Crippen LogP contribution in [0.25, 0.3) is 10.8 Å². The fourth-order valence-corrected chi connectivity index (χ4v) is 4.88. The molecule has 4 aromatic rings. The maximum atomic E-state index is 14.0. The Labute approximate surface area is 175 Å². The Morgan fingerprint density at radius 2 is 1.70 bits per heavy atom. The second-order valence-electron chi connectivity index (χ2n) is 8.09. The van der Waals surface area contributed by atoms with Gasteiger partial charge in [-0.25, -0.2) is 0 Å². The van der Waals surface area contributed by atoms with E-state index in [2.05, 4.69) is 36.2 Å². The molecule has 0 aliphatic heterocycles. The molecule has 1 heterocycles. The summed E-state index contributed by atoms with van der Waals surface area (Å²) in [5.74, 6) is 0.160. The largest absolute Gasteiger partial charge is 0.293 e. The molecule has 30 heavy (non-hydrogen) atoms. The van der Waals surface area contributed by atoms with Crippen LogP contribution >= 0.6 is 0 Å². The standard InChI is InChI=1S/C27H20N2O/c1-18-8-9-23-25-22(18)6-3-7-24(25)27(26(23)30,15-19-10-12-29-13-11-19)16-20-4-2-5-21(14-20)17-28/h2-14H,15-16H2,1H3. The molecule has 1 unspecified atom stereocenters. The van der Waals surface area contributed by atoms with Crippen molar-refractivity contribution in [3.63, 3.8) is 0 Å². The number of benzene rings is 3. The highest BCUT2D eigenvalue weighted by Gasteiger charge is 2.47. The Bertz CT molecular complexity index is 1330. The Morgan fingerprint density at radius 3 is 2.50 bits per heavy atom. The minimum absolute atomic E-state index is 0.160. The Kier molecular flexibility index (Phi) is 4.22. The van der Waals surface area contributed by atoms with E-state index in [1.807, 2.05) is 42.5 Å². The predicted molar refractivity (Wildman–Crippen MR) is 117 cm³/mol. The lowest BCUT2D eigenvalue weighted by atomic mass is 9.71. The van der Waals surface area contributed by atoms with Gasteiger partial charge in [-0.05, 0) is 77.1 Å². The normalized spacial score (nSPS) is 17.3. The molecular formula is C27H20N2O. The van der Waals surface area contributed by atoms with Gasteiger partial charge in [-0.15, -0.1) is 0 Å². The van der Waals surface area contributed by atoms with Crippen LogP contribution in [0.2, 0.25) is 0 Å². The van der Waals surface area contributed by atoms with Crippen LogP contribution in [0.15, 0.2) is 79.1 Å². The minimum atomic E-state index is -0.703. The van der Waals surface area contributed by atoms with Gasteiger partial charge < -0.3 is 0 Å². The van der Waals surface area contributed by atoms with Crippen molar-refractivity contribution in [1.29, 1.82) is 5.26 Å². The van der Waals surface area contributed by atoms with Gasteiger partial charge in [0.15, 0.2) is 5.78 Å². The second-order valence-corrected chi connectivity index (χ2v) is 8.09. The number of rotatable bonds is 4. The number of hydrogen-bond acceptors (Lipinski definition) is 3. The molecule has 0 N–H and O–H groups in total. The van der Waals surface area contributed by atoms with Crippen molar-refractivity contribution in [3.8, 4) is 6.07 Å². The number of nitrogens with zero attached hydrogens (tertiary/aromatic N) is 2. The molecule has 3 nitrogen and oxygen atoms in total. The number of carbonyl (C=O) groups is 1. The fourth-order valence-electron chi connectivity index (χ4n) is 4.88. The first-order chi connectivity index (χ1) is 14.6. The van der Waals surface area contributed by atoms with E-state index < -0.39 is 5.41 Å². The van der Waals surface area contributed by atoms with Crippen molar-refractivity contribution in [2.24, 2.45) is 0 Å². The molecular weight excluding hydrogens is 368 g/mol. The number of Topliss-reactive ketones (excluding diaryl/α,β-unsaturated/α-hetero) is 1. The Morgan fingerprint density at radius 1 is 0.933 bits per heavy atom. The van der Waals surface area contributed by atoms with Crippen molar-refractivity contribution in [2.75, 3.05) is 0 Å². The molecule has 1 aromatic heterocycles. The van der Waals surface area contributed by atoms with Gasteiger partial charge in [-0.3, -0.25) is 9.78 Å². The van der Waals surface area contributed by atoms with Crippen LogP contribution in [0, 0.1) is 18.3 Å². The van der Waals surface area contributed by atoms with E-state index >= 15 is 0 Å². The number of hydrogen-bond donors (Lipinski definition) is 0. The Balaban J connectivity index is 1.75. The third kappa shape index (κ3) is 2.73. The minimum Gasteiger partial charge on any atom is -0.293 e. The summed E-state index contributed by atoms with van der Waals surface area (Å²) >= 11 is 0. The summed E-state index contributed by atoms with van der Waals surface area (Å²) in [5, 5.41) is 11.6. The van der Waals surface area contributed by atoms with E-state index in [0.29, 0.717) is 18.4 Å². The first-order valence-corrected chi connectivity index (χ1v) is 10.1. The molecule has 1 aliphatic carbocycles. The van der Waals surface area contributed by atoms with Crippen molar-refractivity contribution >= 4 is 16.6 Å². The van der Waals surface area contributed by atoms with Gasteiger partial charge in [0.25, 0.3) is 0 Å². The van der Waals surface area contributed by atoms with Crippen molar-refractivity contribution in [2.45, 2.75) is 25.2 Å². The summed E-state index contributed by atoms with van der Waals surface area (Å²) < 4.78 is 0. The van der Waals surface area contributed by atoms with Gasteiger partial charge in [0, 0.05) is 18.0 Å². The number of pyridine rings is 1. The molecule has 0 amide bonds. The van der Waals surface area contributed by atoms with Crippen LogP contribution in [0.1, 0.15) is 38.2 Å². The monoisotopic (exact) mass is 388 g/mol. The highest BCUT2D eigenvalue weighted by atomic mass is 16.1. The predicted octanol–water partition coefficient (Wildman–Crippen LogP) is 5.33. The van der Waals surface area contributed by atoms with Gasteiger partial charge in [-0.1, -0.05) is 42.5 Å². The van der Waals surface area contributed by atoms with E-state index in [-0.39, 0.29) is 5.78 Å². The van der Waals surface area contributed by atoms with Gasteiger partial charge in [0.1, 0.15) is 0 Å². The quantitative estimate of drug-likeness (QED) is 0.474. The van der Waals surface area contributed by atoms with Crippen LogP contribution in [0.5, 0.6) is 0 Å². The third-order valence-corrected chi connectivity index (χ3v) is 6.27. The molecule has 1 aliphatic rings. The second kappa shape index (κ2) is 6.93. The molecule has 3 aromatic carbocycles. The van der Waals surface area contributed by atoms with E-state index in [1.165, 1.54) is 5.56 Å². The lowest BCUT2D eigenvalue weighted by Gasteiger charge is -2.30. The maximum Gasteiger partial charge on any atom is 0.174 e. The van der Waals surface area contributed by atoms with E-state index in [1.54, 1.807) is 18.5 Å². The number of aryl methyl sites for hydroxylation is 1. The summed E-state index contributed by atoms with van der Waals surface area (Å²) in [6.07, 6.45) is 4.70. The van der Waals surface area contributed by atoms with Crippen LogP contribution in [0.3, 0.4) is 0 Å². The number of ketones is 1. The third-order valence-electron chi connectivity index (χ3n) is 6.27. The molecule has 0 fully saturated rings. The lowest BCUT2D eigenvalue weighted by molar-refractivity contribution is 0.0892. The van der Waals surface area contributed by atoms with Crippen LogP contribution in [-0.4, -0.2) is 10.8 Å². The molecule has 0 saturated heterocycles. The van der Waals surface area contributed by atoms with E-state index in [0.717, 1.165) is 33.0 Å². The van der Waals surface area contributed by atoms with Crippen molar-refractivity contribution < 1.29 is 4.79 Å². The lowest BCUT2D eigenvalue weighted by Crippen LogP contribution is -2.37. The average molecular weight is 388 g/mol. The molecule has 0 bridgehead atoms. The molecule has 0 radical (unpaired) electrons. The summed E-state index contributed by atoms with van der Waals surface area (Å²) in [5.41, 5.74) is 5.05. The summed E-state index contributed by atoms with van der Waals surface area (Å²) in [4.78, 5) is 18.1. The zero-order valence-corrected chi connectivity index (χ0v) is 16.7. The number of nitriles is 1. The maximum absolute atomic E-state index is 14.0. The zero-order valence-electron chi connectivity index (χ0n) is 16.7. The highest BCUT2D eigenvalue weighted by molar-refractivity contribution is 6.21. The average Bonchev–Trinajstić information content (AvgIpc) is 3.01. The van der Waals surface area contributed by atoms with E-state index in [9.17, 15) is 10.1 Å². The van der Waals surface area contributed by atoms with Gasteiger partial charge >= 0.3 is 0 Å². The van der Waals surface area contributed by atoms with Gasteiger partial charge in [-0.2, -0.15) is 5.26 Å². The molecule has 5 rings (SSSR count). The first kappa shape index (κ1) is 18.3. The van der Waals surface area contributed by atoms with Crippen LogP contribution in [0.4, 0.5) is 0 Å². The fraction of sp³-hybridized carbons (Fsp3) is 0.148. The van der Waals surface area contributed by atoms with E-state index in [4.69, 9.17) is 0 Å². The molecule has 0 saturated carbocycles. The SMILES string of the molecule is Cc1ccc2c3c(cccc13)C(Cc1ccncc1)(Cc1cccc(C#N)c1)C2=O. The van der Waals surface area contributed by atoms with Gasteiger partial charge in [0.05, 0.1) is 17.0 Å². The Hall–Kier alpha value is -3.77. The topological polar surface area (TPSA) is 53.8 Å².